The predicted molar refractivity (Wildman–Crippen MR) is 78.0 cm³/mol. The van der Waals surface area contributed by atoms with E-state index in [0.29, 0.717) is 17.4 Å². The van der Waals surface area contributed by atoms with Crippen LogP contribution in [0.2, 0.25) is 0 Å². The molecule has 0 radical (unpaired) electrons. The fourth-order valence-corrected chi connectivity index (χ4v) is 4.89. The lowest BCUT2D eigenvalue weighted by molar-refractivity contribution is 0.333. The van der Waals surface area contributed by atoms with Crippen molar-refractivity contribution in [3.05, 3.63) is 18.3 Å². The van der Waals surface area contributed by atoms with Crippen molar-refractivity contribution in [2.24, 2.45) is 5.92 Å². The third-order valence-corrected chi connectivity index (χ3v) is 6.16. The highest BCUT2D eigenvalue weighted by Gasteiger charge is 2.44. The molecule has 1 saturated heterocycles. The first-order valence-electron chi connectivity index (χ1n) is 7.33. The summed E-state index contributed by atoms with van der Waals surface area (Å²) in [6.45, 7) is 3.60. The summed E-state index contributed by atoms with van der Waals surface area (Å²) in [6, 6.07) is 3.62. The van der Waals surface area contributed by atoms with Gasteiger partial charge >= 0.3 is 0 Å². The average molecular weight is 295 g/mol. The molecular weight excluding hydrogens is 274 g/mol. The number of rotatable bonds is 5. The Bertz CT molecular complexity index is 571. The van der Waals surface area contributed by atoms with Crippen molar-refractivity contribution in [2.45, 2.75) is 43.5 Å². The number of anilines is 1. The Kier molecular flexibility index (Phi) is 3.69. The SMILES string of the molecule is CCCNc1ccc(S(=O)(=O)N2CC3CCC2C3)cn1. The Balaban J connectivity index is 1.77. The number of fused-ring (bicyclic) bond motifs is 2. The van der Waals surface area contributed by atoms with Crippen LogP contribution < -0.4 is 5.32 Å². The van der Waals surface area contributed by atoms with Crippen molar-refractivity contribution in [2.75, 3.05) is 18.4 Å². The van der Waals surface area contributed by atoms with Crippen LogP contribution in [0.5, 0.6) is 0 Å². The number of hydrogen-bond donors (Lipinski definition) is 1. The van der Waals surface area contributed by atoms with E-state index < -0.39 is 10.0 Å². The Hall–Kier alpha value is -1.14. The molecule has 2 aliphatic rings. The lowest BCUT2D eigenvalue weighted by Gasteiger charge is -2.26. The molecule has 2 heterocycles. The highest BCUT2D eigenvalue weighted by atomic mass is 32.2. The number of nitrogens with one attached hydrogen (secondary N) is 1. The summed E-state index contributed by atoms with van der Waals surface area (Å²) >= 11 is 0. The maximum Gasteiger partial charge on any atom is 0.244 e. The van der Waals surface area contributed by atoms with Crippen molar-refractivity contribution in [3.63, 3.8) is 0 Å². The van der Waals surface area contributed by atoms with Crippen molar-refractivity contribution < 1.29 is 8.42 Å². The highest BCUT2D eigenvalue weighted by molar-refractivity contribution is 7.89. The maximum atomic E-state index is 12.6. The van der Waals surface area contributed by atoms with Gasteiger partial charge in [0.15, 0.2) is 0 Å². The highest BCUT2D eigenvalue weighted by Crippen LogP contribution is 2.40. The molecule has 2 bridgehead atoms. The van der Waals surface area contributed by atoms with E-state index in [4.69, 9.17) is 0 Å². The van der Waals surface area contributed by atoms with E-state index in [0.717, 1.165) is 31.6 Å². The first kappa shape index (κ1) is 13.8. The quantitative estimate of drug-likeness (QED) is 0.903. The Morgan fingerprint density at radius 2 is 2.25 bits per heavy atom. The van der Waals surface area contributed by atoms with Crippen LogP contribution in [-0.4, -0.2) is 36.8 Å². The molecule has 1 aromatic rings. The average Bonchev–Trinajstić information content (AvgIpc) is 3.08. The van der Waals surface area contributed by atoms with Gasteiger partial charge in [-0.1, -0.05) is 6.92 Å². The molecule has 20 heavy (non-hydrogen) atoms. The zero-order chi connectivity index (χ0) is 14.2. The molecule has 2 atom stereocenters. The summed E-state index contributed by atoms with van der Waals surface area (Å²) < 4.78 is 26.9. The minimum atomic E-state index is -3.36. The van der Waals surface area contributed by atoms with Gasteiger partial charge in [-0.25, -0.2) is 13.4 Å². The molecule has 3 rings (SSSR count). The summed E-state index contributed by atoms with van der Waals surface area (Å²) in [7, 11) is -3.36. The standard InChI is InChI=1S/C14H21N3O2S/c1-2-7-15-14-6-5-13(9-16-14)20(18,19)17-10-11-3-4-12(17)8-11/h5-6,9,11-12H,2-4,7-8,10H2,1H3,(H,15,16). The van der Waals surface area contributed by atoms with E-state index in [1.54, 1.807) is 16.4 Å². The summed E-state index contributed by atoms with van der Waals surface area (Å²) in [5.41, 5.74) is 0. The molecule has 110 valence electrons. The van der Waals surface area contributed by atoms with Gasteiger partial charge in [0.25, 0.3) is 0 Å². The van der Waals surface area contributed by atoms with Crippen LogP contribution in [0.4, 0.5) is 5.82 Å². The van der Waals surface area contributed by atoms with Crippen LogP contribution in [0.15, 0.2) is 23.2 Å². The molecule has 1 saturated carbocycles. The number of hydrogen-bond acceptors (Lipinski definition) is 4. The molecule has 1 aromatic heterocycles. The summed E-state index contributed by atoms with van der Waals surface area (Å²) in [4.78, 5) is 4.51. The molecule has 0 amide bonds. The second kappa shape index (κ2) is 5.33. The van der Waals surface area contributed by atoms with Crippen LogP contribution in [0.3, 0.4) is 0 Å². The van der Waals surface area contributed by atoms with E-state index in [1.165, 1.54) is 12.6 Å². The molecule has 1 N–H and O–H groups in total. The lowest BCUT2D eigenvalue weighted by Crippen LogP contribution is -2.37. The Morgan fingerprint density at radius 3 is 2.80 bits per heavy atom. The third-order valence-electron chi connectivity index (χ3n) is 4.26. The second-order valence-electron chi connectivity index (χ2n) is 5.71. The van der Waals surface area contributed by atoms with Gasteiger partial charge in [-0.2, -0.15) is 4.31 Å². The largest absolute Gasteiger partial charge is 0.370 e. The molecular formula is C14H21N3O2S. The first-order chi connectivity index (χ1) is 9.61. The van der Waals surface area contributed by atoms with Crippen molar-refractivity contribution >= 4 is 15.8 Å². The number of nitrogens with zero attached hydrogens (tertiary/aromatic N) is 2. The number of pyridine rings is 1. The summed E-state index contributed by atoms with van der Waals surface area (Å²) in [5, 5.41) is 3.15. The van der Waals surface area contributed by atoms with Crippen LogP contribution in [-0.2, 0) is 10.0 Å². The molecule has 0 aromatic carbocycles. The van der Waals surface area contributed by atoms with Gasteiger partial charge in [0.05, 0.1) is 0 Å². The lowest BCUT2D eigenvalue weighted by atomic mass is 10.1. The van der Waals surface area contributed by atoms with Crippen LogP contribution in [0, 0.1) is 5.92 Å². The van der Waals surface area contributed by atoms with Gasteiger partial charge in [-0.3, -0.25) is 0 Å². The third kappa shape index (κ3) is 2.42. The predicted octanol–water partition coefficient (Wildman–Crippen LogP) is 2.08. The van der Waals surface area contributed by atoms with Crippen LogP contribution in [0.25, 0.3) is 0 Å². The monoisotopic (exact) mass is 295 g/mol. The normalized spacial score (nSPS) is 26.1. The molecule has 5 nitrogen and oxygen atoms in total. The van der Waals surface area contributed by atoms with E-state index in [-0.39, 0.29) is 6.04 Å². The van der Waals surface area contributed by atoms with Crippen LogP contribution in [0.1, 0.15) is 32.6 Å². The number of piperidine rings is 1. The van der Waals surface area contributed by atoms with Crippen molar-refractivity contribution in [3.8, 4) is 0 Å². The van der Waals surface area contributed by atoms with Gasteiger partial charge in [0.1, 0.15) is 10.7 Å². The minimum Gasteiger partial charge on any atom is -0.370 e. The topological polar surface area (TPSA) is 62.3 Å². The Labute approximate surface area is 120 Å². The molecule has 2 fully saturated rings. The van der Waals surface area contributed by atoms with Crippen LogP contribution >= 0.6 is 0 Å². The first-order valence-corrected chi connectivity index (χ1v) is 8.77. The maximum absolute atomic E-state index is 12.6. The van der Waals surface area contributed by atoms with Crippen molar-refractivity contribution in [1.82, 2.24) is 9.29 Å². The molecule has 1 aliphatic heterocycles. The fraction of sp³-hybridized carbons (Fsp3) is 0.643. The van der Waals surface area contributed by atoms with E-state index in [2.05, 4.69) is 17.2 Å². The fourth-order valence-electron chi connectivity index (χ4n) is 3.20. The van der Waals surface area contributed by atoms with Crippen molar-refractivity contribution in [1.29, 1.82) is 0 Å². The molecule has 0 spiro atoms. The molecule has 6 heteroatoms. The minimum absolute atomic E-state index is 0.211. The van der Waals surface area contributed by atoms with Gasteiger partial charge < -0.3 is 5.32 Å². The molecule has 2 unspecified atom stereocenters. The van der Waals surface area contributed by atoms with E-state index >= 15 is 0 Å². The van der Waals surface area contributed by atoms with Gasteiger partial charge in [0.2, 0.25) is 10.0 Å². The summed E-state index contributed by atoms with van der Waals surface area (Å²) in [6.07, 6.45) is 5.70. The Morgan fingerprint density at radius 1 is 1.40 bits per heavy atom. The van der Waals surface area contributed by atoms with Gasteiger partial charge in [-0.15, -0.1) is 0 Å². The van der Waals surface area contributed by atoms with E-state index in [9.17, 15) is 8.42 Å². The van der Waals surface area contributed by atoms with Gasteiger partial charge in [0, 0.05) is 25.3 Å². The molecule has 1 aliphatic carbocycles. The second-order valence-corrected chi connectivity index (χ2v) is 7.60. The zero-order valence-corrected chi connectivity index (χ0v) is 12.6. The smallest absolute Gasteiger partial charge is 0.244 e. The number of sulfonamides is 1. The van der Waals surface area contributed by atoms with E-state index in [1.807, 2.05) is 0 Å². The number of aromatic nitrogens is 1. The van der Waals surface area contributed by atoms with Gasteiger partial charge in [-0.05, 0) is 43.7 Å². The zero-order valence-electron chi connectivity index (χ0n) is 11.7. The summed E-state index contributed by atoms with van der Waals surface area (Å²) in [5.74, 6) is 1.29.